The maximum atomic E-state index is 11.8. The fraction of sp³-hybridized carbons (Fsp3) is 0.217. The molecule has 1 aliphatic heterocycles. The van der Waals surface area contributed by atoms with Crippen LogP contribution >= 0.6 is 0 Å². The van der Waals surface area contributed by atoms with Crippen molar-refractivity contribution in [1.82, 2.24) is 24.7 Å². The van der Waals surface area contributed by atoms with Crippen LogP contribution in [0.15, 0.2) is 54.9 Å². The molecule has 0 saturated heterocycles. The van der Waals surface area contributed by atoms with Crippen molar-refractivity contribution in [1.29, 1.82) is 0 Å². The Balaban J connectivity index is 1.61. The molecule has 0 radical (unpaired) electrons. The van der Waals surface area contributed by atoms with Crippen LogP contribution in [0.5, 0.6) is 0 Å². The number of nitrogens with one attached hydrogen (secondary N) is 2. The van der Waals surface area contributed by atoms with Gasteiger partial charge in [-0.25, -0.2) is 15.0 Å². The van der Waals surface area contributed by atoms with E-state index in [0.717, 1.165) is 23.6 Å². The van der Waals surface area contributed by atoms with E-state index in [2.05, 4.69) is 34.7 Å². The van der Waals surface area contributed by atoms with Gasteiger partial charge < -0.3 is 16.4 Å². The van der Waals surface area contributed by atoms with Gasteiger partial charge in [0.05, 0.1) is 23.0 Å². The van der Waals surface area contributed by atoms with Crippen molar-refractivity contribution in [3.05, 3.63) is 77.2 Å². The summed E-state index contributed by atoms with van der Waals surface area (Å²) >= 11 is 0. The number of pyridine rings is 1. The van der Waals surface area contributed by atoms with Gasteiger partial charge in [-0.3, -0.25) is 9.20 Å². The van der Waals surface area contributed by atoms with Crippen LogP contribution in [0.25, 0.3) is 17.2 Å². The van der Waals surface area contributed by atoms with E-state index < -0.39 is 5.91 Å². The molecule has 1 aromatic carbocycles. The van der Waals surface area contributed by atoms with Crippen molar-refractivity contribution in [2.75, 3.05) is 11.9 Å². The average Bonchev–Trinajstić information content (AvgIpc) is 3.22. The van der Waals surface area contributed by atoms with Crippen LogP contribution in [0.1, 0.15) is 40.0 Å². The van der Waals surface area contributed by atoms with Gasteiger partial charge in [0.1, 0.15) is 5.82 Å². The summed E-state index contributed by atoms with van der Waals surface area (Å²) in [6.07, 6.45) is 3.48. The Morgan fingerprint density at radius 3 is 2.87 bits per heavy atom. The van der Waals surface area contributed by atoms with Crippen molar-refractivity contribution in [3.8, 4) is 11.6 Å². The number of carbonyl (C=O) groups excluding carboxylic acids is 1. The minimum atomic E-state index is -0.492. The van der Waals surface area contributed by atoms with Crippen LogP contribution in [0.2, 0.25) is 0 Å². The molecule has 3 aromatic heterocycles. The molecule has 0 bridgehead atoms. The van der Waals surface area contributed by atoms with Gasteiger partial charge in [-0.05, 0) is 17.7 Å². The van der Waals surface area contributed by atoms with Crippen molar-refractivity contribution in [2.45, 2.75) is 25.9 Å². The molecule has 156 valence electrons. The quantitative estimate of drug-likeness (QED) is 0.464. The fourth-order valence-corrected chi connectivity index (χ4v) is 4.02. The van der Waals surface area contributed by atoms with Gasteiger partial charge >= 0.3 is 0 Å². The van der Waals surface area contributed by atoms with Crippen molar-refractivity contribution >= 4 is 17.2 Å². The first-order valence-corrected chi connectivity index (χ1v) is 10.3. The summed E-state index contributed by atoms with van der Waals surface area (Å²) < 4.78 is 1.81. The van der Waals surface area contributed by atoms with Crippen molar-refractivity contribution in [3.63, 3.8) is 0 Å². The molecule has 4 N–H and O–H groups in total. The molecule has 1 atom stereocenters. The lowest BCUT2D eigenvalue weighted by Crippen LogP contribution is -2.29. The number of primary amides is 1. The fourth-order valence-electron chi connectivity index (χ4n) is 4.02. The number of carbonyl (C=O) groups is 1. The lowest BCUT2D eigenvalue weighted by atomic mass is 9.98. The molecule has 4 aromatic rings. The zero-order chi connectivity index (χ0) is 21.4. The van der Waals surface area contributed by atoms with Crippen LogP contribution in [0.3, 0.4) is 0 Å². The van der Waals surface area contributed by atoms with Gasteiger partial charge in [0.2, 0.25) is 0 Å². The summed E-state index contributed by atoms with van der Waals surface area (Å²) in [6, 6.07) is 13.7. The number of fused-ring (bicyclic) bond motifs is 2. The second-order valence-corrected chi connectivity index (χ2v) is 7.75. The topological polar surface area (TPSA) is 110 Å². The highest BCUT2D eigenvalue weighted by Gasteiger charge is 2.24. The predicted octanol–water partition coefficient (Wildman–Crippen LogP) is 2.71. The van der Waals surface area contributed by atoms with Gasteiger partial charge in [0.15, 0.2) is 11.6 Å². The number of nitrogens with zero attached hydrogens (tertiary/aromatic N) is 4. The zero-order valence-corrected chi connectivity index (χ0v) is 17.2. The summed E-state index contributed by atoms with van der Waals surface area (Å²) in [6.45, 7) is 4.38. The second-order valence-electron chi connectivity index (χ2n) is 7.75. The number of nitrogens with two attached hydrogens (primary N) is 1. The second kappa shape index (κ2) is 7.81. The summed E-state index contributed by atoms with van der Waals surface area (Å²) in [7, 11) is 0. The van der Waals surface area contributed by atoms with E-state index in [-0.39, 0.29) is 5.92 Å². The molecule has 1 unspecified atom stereocenters. The monoisotopic (exact) mass is 413 g/mol. The largest absolute Gasteiger partial charge is 0.366 e. The highest BCUT2D eigenvalue weighted by Crippen LogP contribution is 2.30. The Bertz CT molecular complexity index is 1270. The number of anilines is 1. The van der Waals surface area contributed by atoms with Gasteiger partial charge in [-0.1, -0.05) is 37.3 Å². The summed E-state index contributed by atoms with van der Waals surface area (Å²) in [5, 5.41) is 6.93. The number of hydrogen-bond donors (Lipinski definition) is 3. The molecule has 8 heteroatoms. The lowest BCUT2D eigenvalue weighted by Gasteiger charge is -2.25. The van der Waals surface area contributed by atoms with Crippen LogP contribution < -0.4 is 16.4 Å². The molecular weight excluding hydrogens is 390 g/mol. The van der Waals surface area contributed by atoms with E-state index in [0.29, 0.717) is 35.8 Å². The summed E-state index contributed by atoms with van der Waals surface area (Å²) in [4.78, 5) is 26.1. The maximum absolute atomic E-state index is 11.8. The molecule has 0 fully saturated rings. The van der Waals surface area contributed by atoms with E-state index >= 15 is 0 Å². The Labute approximate surface area is 179 Å². The Hall–Kier alpha value is -3.78. The molecule has 0 saturated carbocycles. The number of amides is 1. The third-order valence-electron chi connectivity index (χ3n) is 5.60. The van der Waals surface area contributed by atoms with Crippen LogP contribution in [-0.4, -0.2) is 31.8 Å². The first kappa shape index (κ1) is 19.2. The highest BCUT2D eigenvalue weighted by atomic mass is 16.1. The third kappa shape index (κ3) is 3.51. The lowest BCUT2D eigenvalue weighted by molar-refractivity contribution is 0.100. The third-order valence-corrected chi connectivity index (χ3v) is 5.60. The van der Waals surface area contributed by atoms with E-state index in [9.17, 15) is 4.79 Å². The van der Waals surface area contributed by atoms with Gasteiger partial charge in [0, 0.05) is 37.3 Å². The zero-order valence-electron chi connectivity index (χ0n) is 17.2. The van der Waals surface area contributed by atoms with Gasteiger partial charge in [0.25, 0.3) is 5.91 Å². The molecule has 8 nitrogen and oxygen atoms in total. The highest BCUT2D eigenvalue weighted by molar-refractivity contribution is 5.99. The molecular formula is C23H23N7O. The molecule has 0 spiro atoms. The maximum Gasteiger partial charge on any atom is 0.250 e. The number of imidazole rings is 1. The average molecular weight is 413 g/mol. The van der Waals surface area contributed by atoms with E-state index in [4.69, 9.17) is 15.7 Å². The number of rotatable bonds is 5. The number of hydrogen-bond acceptors (Lipinski definition) is 6. The van der Waals surface area contributed by atoms with Gasteiger partial charge in [-0.15, -0.1) is 0 Å². The van der Waals surface area contributed by atoms with Crippen molar-refractivity contribution in [2.24, 2.45) is 5.73 Å². The Morgan fingerprint density at radius 1 is 1.23 bits per heavy atom. The predicted molar refractivity (Wildman–Crippen MR) is 119 cm³/mol. The van der Waals surface area contributed by atoms with Crippen LogP contribution in [0.4, 0.5) is 5.82 Å². The normalized spacial score (nSPS) is 15.6. The van der Waals surface area contributed by atoms with E-state index in [1.165, 1.54) is 5.56 Å². The van der Waals surface area contributed by atoms with E-state index in [1.54, 1.807) is 18.3 Å². The number of aromatic nitrogens is 4. The Kier molecular flexibility index (Phi) is 4.83. The molecule has 31 heavy (non-hydrogen) atoms. The summed E-state index contributed by atoms with van der Waals surface area (Å²) in [5.41, 5.74) is 9.85. The Morgan fingerprint density at radius 2 is 2.06 bits per heavy atom. The minimum Gasteiger partial charge on any atom is -0.366 e. The first-order valence-electron chi connectivity index (χ1n) is 10.3. The SMILES string of the molecule is CC1CNCc2c(NCc3ccccc3)nc(-c3ncc4c(C(N)=O)cccn34)nc21. The molecule has 1 amide bonds. The number of benzene rings is 1. The first-order chi connectivity index (χ1) is 15.1. The van der Waals surface area contributed by atoms with Crippen molar-refractivity contribution < 1.29 is 4.79 Å². The summed E-state index contributed by atoms with van der Waals surface area (Å²) in [5.74, 6) is 1.65. The molecule has 0 aliphatic carbocycles. The molecule has 4 heterocycles. The van der Waals surface area contributed by atoms with Gasteiger partial charge in [-0.2, -0.15) is 0 Å². The van der Waals surface area contributed by atoms with Crippen LogP contribution in [-0.2, 0) is 13.1 Å². The molecule has 1 aliphatic rings. The minimum absolute atomic E-state index is 0.246. The van der Waals surface area contributed by atoms with Crippen LogP contribution in [0, 0.1) is 0 Å². The van der Waals surface area contributed by atoms with E-state index in [1.807, 2.05) is 28.8 Å². The standard InChI is InChI=1S/C23H23N7O/c1-14-10-25-12-17-19(14)28-22(29-21(17)26-11-15-6-3-2-4-7-15)23-27-13-18-16(20(24)31)8-5-9-30(18)23/h2-9,13-14,25H,10-12H2,1H3,(H2,24,31)(H,26,28,29). The molecule has 5 rings (SSSR count). The smallest absolute Gasteiger partial charge is 0.250 e.